The van der Waals surface area contributed by atoms with Crippen LogP contribution in [0.15, 0.2) is 72.8 Å². The van der Waals surface area contributed by atoms with Crippen molar-refractivity contribution in [3.63, 3.8) is 0 Å². The predicted octanol–water partition coefficient (Wildman–Crippen LogP) is 6.16. The summed E-state index contributed by atoms with van der Waals surface area (Å²) in [6, 6.07) is 24.7. The molecule has 1 aromatic heterocycles. The molecule has 0 fully saturated rings. The molecule has 0 saturated carbocycles. The van der Waals surface area contributed by atoms with Gasteiger partial charge < -0.3 is 5.32 Å². The summed E-state index contributed by atoms with van der Waals surface area (Å²) in [6.07, 6.45) is 0.828. The molecule has 6 nitrogen and oxygen atoms in total. The van der Waals surface area contributed by atoms with Gasteiger partial charge in [-0.05, 0) is 49.9 Å². The van der Waals surface area contributed by atoms with Crippen LogP contribution in [0.1, 0.15) is 46.4 Å². The Balaban J connectivity index is 1.82. The fraction of sp³-hybridized carbons (Fsp3) is 0.281. The summed E-state index contributed by atoms with van der Waals surface area (Å²) in [5.41, 5.74) is 8.12. The molecule has 3 aromatic carbocycles. The first-order valence-corrected chi connectivity index (χ1v) is 14.4. The van der Waals surface area contributed by atoms with Crippen molar-refractivity contribution in [1.29, 1.82) is 0 Å². The zero-order chi connectivity index (χ0) is 27.5. The lowest BCUT2D eigenvalue weighted by Gasteiger charge is -2.24. The maximum absolute atomic E-state index is 13.8. The van der Waals surface area contributed by atoms with Crippen LogP contribution >= 0.6 is 11.8 Å². The van der Waals surface area contributed by atoms with E-state index in [0.717, 1.165) is 51.2 Å². The number of rotatable bonds is 7. The molecule has 0 unspecified atom stereocenters. The fourth-order valence-corrected chi connectivity index (χ4v) is 6.21. The molecule has 39 heavy (non-hydrogen) atoms. The topological polar surface area (TPSA) is 67.2 Å². The molecule has 0 radical (unpaired) electrons. The highest BCUT2D eigenvalue weighted by Gasteiger charge is 2.38. The zero-order valence-electron chi connectivity index (χ0n) is 22.9. The molecule has 4 aromatic rings. The second-order valence-corrected chi connectivity index (χ2v) is 11.1. The number of fused-ring (bicyclic) bond motifs is 1. The minimum Gasteiger partial charge on any atom is -0.355 e. The van der Waals surface area contributed by atoms with Crippen LogP contribution in [0.5, 0.6) is 0 Å². The molecular formula is C32H34N4O2S. The number of aromatic nitrogens is 2. The zero-order valence-corrected chi connectivity index (χ0v) is 23.7. The van der Waals surface area contributed by atoms with Crippen LogP contribution < -0.4 is 10.2 Å². The van der Waals surface area contributed by atoms with E-state index in [-0.39, 0.29) is 29.4 Å². The monoisotopic (exact) mass is 538 g/mol. The molecule has 1 atom stereocenters. The van der Waals surface area contributed by atoms with E-state index in [4.69, 9.17) is 5.10 Å². The van der Waals surface area contributed by atoms with Crippen LogP contribution in [-0.2, 0) is 9.59 Å². The third-order valence-electron chi connectivity index (χ3n) is 7.16. The van der Waals surface area contributed by atoms with Crippen molar-refractivity contribution in [2.75, 3.05) is 23.7 Å². The second kappa shape index (κ2) is 11.5. The van der Waals surface area contributed by atoms with E-state index >= 15 is 0 Å². The van der Waals surface area contributed by atoms with Crippen LogP contribution in [0, 0.1) is 20.8 Å². The van der Waals surface area contributed by atoms with Crippen LogP contribution in [0.2, 0.25) is 0 Å². The average molecular weight is 539 g/mol. The molecule has 7 heteroatoms. The molecule has 2 heterocycles. The number of hydrogen-bond acceptors (Lipinski definition) is 4. The second-order valence-electron chi connectivity index (χ2n) is 10.0. The maximum atomic E-state index is 13.8. The summed E-state index contributed by atoms with van der Waals surface area (Å²) in [4.78, 5) is 28.5. The van der Waals surface area contributed by atoms with Gasteiger partial charge in [0.05, 0.1) is 22.4 Å². The number of aryl methyl sites for hydroxylation is 2. The molecule has 5 rings (SSSR count). The fourth-order valence-electron chi connectivity index (χ4n) is 5.02. The van der Waals surface area contributed by atoms with E-state index in [1.165, 1.54) is 0 Å². The van der Waals surface area contributed by atoms with Gasteiger partial charge in [-0.1, -0.05) is 79.2 Å². The molecule has 0 spiro atoms. The Bertz CT molecular complexity index is 1510. The number of benzene rings is 3. The van der Waals surface area contributed by atoms with E-state index in [2.05, 4.69) is 68.6 Å². The molecule has 1 aliphatic heterocycles. The average Bonchev–Trinajstić information content (AvgIpc) is 3.25. The number of carbonyl (C=O) groups is 2. The van der Waals surface area contributed by atoms with Crippen molar-refractivity contribution >= 4 is 29.4 Å². The number of nitrogens with zero attached hydrogens (tertiary/aromatic N) is 3. The standard InChI is InChI=1S/C32H34N4O2S/c1-5-17-33-27(37)19-35-28(38)20-39-31(25-15-9-11-21(2)18-25)29-30(24-13-7-6-8-14-24)34-36(32(29)35)26-16-10-12-22(3)23(26)4/h6-16,18,31H,5,17,19-20H2,1-4H3,(H,33,37)/t31-/m1/s1. The third-order valence-corrected chi connectivity index (χ3v) is 8.41. The Morgan fingerprint density at radius 3 is 2.54 bits per heavy atom. The Morgan fingerprint density at radius 2 is 1.79 bits per heavy atom. The Hall–Kier alpha value is -3.84. The third kappa shape index (κ3) is 5.36. The summed E-state index contributed by atoms with van der Waals surface area (Å²) >= 11 is 1.59. The number of anilines is 1. The van der Waals surface area contributed by atoms with Crippen LogP contribution in [0.4, 0.5) is 5.82 Å². The van der Waals surface area contributed by atoms with Crippen molar-refractivity contribution in [3.8, 4) is 16.9 Å². The van der Waals surface area contributed by atoms with Gasteiger partial charge in [-0.25, -0.2) is 4.68 Å². The van der Waals surface area contributed by atoms with Crippen molar-refractivity contribution in [3.05, 3.63) is 101 Å². The summed E-state index contributed by atoms with van der Waals surface area (Å²) in [7, 11) is 0. The Kier molecular flexibility index (Phi) is 7.89. The van der Waals surface area contributed by atoms with E-state index < -0.39 is 0 Å². The first-order chi connectivity index (χ1) is 18.9. The van der Waals surface area contributed by atoms with Gasteiger partial charge >= 0.3 is 0 Å². The van der Waals surface area contributed by atoms with Gasteiger partial charge in [-0.2, -0.15) is 5.10 Å². The van der Waals surface area contributed by atoms with E-state index in [9.17, 15) is 9.59 Å². The number of hydrogen-bond donors (Lipinski definition) is 1. The van der Waals surface area contributed by atoms with Gasteiger partial charge in [0.25, 0.3) is 0 Å². The SMILES string of the molecule is CCCNC(=O)CN1C(=O)CS[C@H](c2cccc(C)c2)c2c(-c3ccccc3)nn(-c3cccc(C)c3C)c21. The Labute approximate surface area is 234 Å². The molecule has 200 valence electrons. The van der Waals surface area contributed by atoms with Crippen molar-refractivity contribution in [2.24, 2.45) is 0 Å². The van der Waals surface area contributed by atoms with Gasteiger partial charge in [0.2, 0.25) is 11.8 Å². The first kappa shape index (κ1) is 26.8. The highest BCUT2D eigenvalue weighted by atomic mass is 32.2. The summed E-state index contributed by atoms with van der Waals surface area (Å²) < 4.78 is 1.89. The minimum atomic E-state index is -0.176. The highest BCUT2D eigenvalue weighted by molar-refractivity contribution is 8.00. The van der Waals surface area contributed by atoms with Crippen molar-refractivity contribution in [2.45, 2.75) is 39.4 Å². The quantitative estimate of drug-likeness (QED) is 0.306. The number of thioether (sulfide) groups is 1. The minimum absolute atomic E-state index is 0.0578. The number of amides is 2. The lowest BCUT2D eigenvalue weighted by atomic mass is 9.98. The van der Waals surface area contributed by atoms with E-state index in [0.29, 0.717) is 12.4 Å². The van der Waals surface area contributed by atoms with Crippen LogP contribution in [0.3, 0.4) is 0 Å². The number of nitrogens with one attached hydrogen (secondary N) is 1. The van der Waals surface area contributed by atoms with Crippen LogP contribution in [-0.4, -0.2) is 40.4 Å². The number of carbonyl (C=O) groups excluding carboxylic acids is 2. The molecule has 0 saturated heterocycles. The summed E-state index contributed by atoms with van der Waals surface area (Å²) in [5.74, 6) is 0.644. The summed E-state index contributed by atoms with van der Waals surface area (Å²) in [5, 5.41) is 8.02. The van der Waals surface area contributed by atoms with E-state index in [1.807, 2.05) is 41.9 Å². The molecule has 0 bridgehead atoms. The normalized spacial score (nSPS) is 15.1. The maximum Gasteiger partial charge on any atom is 0.240 e. The van der Waals surface area contributed by atoms with Gasteiger partial charge in [0.15, 0.2) is 0 Å². The van der Waals surface area contributed by atoms with E-state index in [1.54, 1.807) is 16.7 Å². The first-order valence-electron chi connectivity index (χ1n) is 13.4. The Morgan fingerprint density at radius 1 is 1.03 bits per heavy atom. The lowest BCUT2D eigenvalue weighted by molar-refractivity contribution is -0.122. The molecule has 0 aliphatic carbocycles. The van der Waals surface area contributed by atoms with Gasteiger partial charge in [-0.15, -0.1) is 11.8 Å². The van der Waals surface area contributed by atoms with Gasteiger partial charge in [0, 0.05) is 17.7 Å². The predicted molar refractivity (Wildman–Crippen MR) is 160 cm³/mol. The van der Waals surface area contributed by atoms with Crippen molar-refractivity contribution in [1.82, 2.24) is 15.1 Å². The largest absolute Gasteiger partial charge is 0.355 e. The molecule has 1 N–H and O–H groups in total. The lowest BCUT2D eigenvalue weighted by Crippen LogP contribution is -2.42. The van der Waals surface area contributed by atoms with Gasteiger partial charge in [0.1, 0.15) is 12.4 Å². The van der Waals surface area contributed by atoms with Gasteiger partial charge in [-0.3, -0.25) is 14.5 Å². The molecular weight excluding hydrogens is 504 g/mol. The summed E-state index contributed by atoms with van der Waals surface area (Å²) in [6.45, 7) is 8.76. The van der Waals surface area contributed by atoms with Crippen LogP contribution in [0.25, 0.3) is 16.9 Å². The van der Waals surface area contributed by atoms with Crippen molar-refractivity contribution < 1.29 is 9.59 Å². The smallest absolute Gasteiger partial charge is 0.240 e. The molecule has 2 amide bonds. The molecule has 1 aliphatic rings. The highest BCUT2D eigenvalue weighted by Crippen LogP contribution is 2.48.